The van der Waals surface area contributed by atoms with E-state index in [1.807, 2.05) is 31.2 Å². The minimum absolute atomic E-state index is 0.119. The zero-order valence-electron chi connectivity index (χ0n) is 17.4. The second kappa shape index (κ2) is 10.9. The summed E-state index contributed by atoms with van der Waals surface area (Å²) < 4.78 is 4.93. The summed E-state index contributed by atoms with van der Waals surface area (Å²) in [7, 11) is 0. The predicted octanol–water partition coefficient (Wildman–Crippen LogP) is 1.96. The van der Waals surface area contributed by atoms with Crippen LogP contribution in [0.4, 0.5) is 5.69 Å². The first kappa shape index (κ1) is 22.8. The fraction of sp³-hybridized carbons (Fsp3) is 0.318. The number of nitrogens with one attached hydrogen (secondary N) is 4. The molecule has 2 amide bonds. The van der Waals surface area contributed by atoms with Gasteiger partial charge in [-0.1, -0.05) is 29.8 Å². The minimum atomic E-state index is -0.418. The van der Waals surface area contributed by atoms with Gasteiger partial charge in [-0.3, -0.25) is 9.59 Å². The molecule has 2 atom stereocenters. The molecular formula is C22H26N4O4S. The van der Waals surface area contributed by atoms with E-state index in [-0.39, 0.29) is 23.6 Å². The van der Waals surface area contributed by atoms with Gasteiger partial charge in [-0.2, -0.15) is 0 Å². The van der Waals surface area contributed by atoms with Gasteiger partial charge >= 0.3 is 5.97 Å². The Hall–Kier alpha value is -2.88. The van der Waals surface area contributed by atoms with Crippen molar-refractivity contribution in [2.24, 2.45) is 0 Å². The van der Waals surface area contributed by atoms with Crippen LogP contribution in [-0.2, 0) is 20.7 Å². The molecule has 1 saturated heterocycles. The number of anilines is 1. The van der Waals surface area contributed by atoms with E-state index < -0.39 is 11.5 Å². The average molecular weight is 443 g/mol. The van der Waals surface area contributed by atoms with Crippen LogP contribution in [-0.4, -0.2) is 41.7 Å². The van der Waals surface area contributed by atoms with Crippen LogP contribution in [0.2, 0.25) is 0 Å². The number of hydrogen-bond acceptors (Lipinski definition) is 7. The maximum absolute atomic E-state index is 12.4. The number of carbonyl (C=O) groups excluding carboxylic acids is 3. The molecule has 2 aromatic carbocycles. The van der Waals surface area contributed by atoms with Gasteiger partial charge in [-0.05, 0) is 50.1 Å². The molecule has 164 valence electrons. The van der Waals surface area contributed by atoms with Gasteiger partial charge in [-0.25, -0.2) is 15.6 Å². The number of carbonyl (C=O) groups is 3. The number of aryl methyl sites for hydroxylation is 1. The number of thioether (sulfide) groups is 1. The van der Waals surface area contributed by atoms with E-state index in [0.29, 0.717) is 24.3 Å². The molecule has 1 fully saturated rings. The summed E-state index contributed by atoms with van der Waals surface area (Å²) >= 11 is 1.26. The largest absolute Gasteiger partial charge is 0.462 e. The highest BCUT2D eigenvalue weighted by Gasteiger charge is 2.27. The van der Waals surface area contributed by atoms with Crippen molar-refractivity contribution in [2.45, 2.75) is 31.8 Å². The topological polar surface area (TPSA) is 109 Å². The molecule has 0 radical (unpaired) electrons. The Morgan fingerprint density at radius 1 is 1.06 bits per heavy atom. The van der Waals surface area contributed by atoms with Crippen molar-refractivity contribution in [3.63, 3.8) is 0 Å². The highest BCUT2D eigenvalue weighted by molar-refractivity contribution is 8.00. The summed E-state index contributed by atoms with van der Waals surface area (Å²) in [4.78, 5) is 36.2. The van der Waals surface area contributed by atoms with Gasteiger partial charge in [0.2, 0.25) is 11.8 Å². The van der Waals surface area contributed by atoms with Crippen molar-refractivity contribution in [1.82, 2.24) is 16.2 Å². The van der Waals surface area contributed by atoms with Crippen LogP contribution in [0, 0.1) is 6.92 Å². The van der Waals surface area contributed by atoms with Crippen LogP contribution in [0.5, 0.6) is 0 Å². The molecule has 1 aliphatic heterocycles. The molecule has 1 heterocycles. The zero-order chi connectivity index (χ0) is 22.2. The van der Waals surface area contributed by atoms with E-state index in [1.165, 1.54) is 17.3 Å². The van der Waals surface area contributed by atoms with Crippen molar-refractivity contribution in [1.29, 1.82) is 0 Å². The Morgan fingerprint density at radius 3 is 2.42 bits per heavy atom. The van der Waals surface area contributed by atoms with E-state index in [2.05, 4.69) is 21.5 Å². The summed E-state index contributed by atoms with van der Waals surface area (Å²) in [5.41, 5.74) is 8.89. The van der Waals surface area contributed by atoms with Gasteiger partial charge in [0.05, 0.1) is 17.9 Å². The van der Waals surface area contributed by atoms with Gasteiger partial charge in [0.25, 0.3) is 0 Å². The molecule has 31 heavy (non-hydrogen) atoms. The lowest BCUT2D eigenvalue weighted by molar-refractivity contribution is -0.125. The van der Waals surface area contributed by atoms with Gasteiger partial charge in [0.15, 0.2) is 0 Å². The van der Waals surface area contributed by atoms with Crippen LogP contribution >= 0.6 is 11.8 Å². The van der Waals surface area contributed by atoms with Gasteiger partial charge < -0.3 is 15.4 Å². The van der Waals surface area contributed by atoms with Crippen molar-refractivity contribution < 1.29 is 19.1 Å². The summed E-state index contributed by atoms with van der Waals surface area (Å²) in [6.07, 6.45) is 0.568. The Kier molecular flexibility index (Phi) is 8.05. The monoisotopic (exact) mass is 442 g/mol. The third-order valence-electron chi connectivity index (χ3n) is 4.60. The fourth-order valence-electron chi connectivity index (χ4n) is 2.95. The van der Waals surface area contributed by atoms with Gasteiger partial charge in [0.1, 0.15) is 11.5 Å². The molecule has 0 saturated carbocycles. The molecule has 4 N–H and O–H groups in total. The second-order valence-corrected chi connectivity index (χ2v) is 8.17. The molecule has 2 unspecified atom stereocenters. The third kappa shape index (κ3) is 6.81. The minimum Gasteiger partial charge on any atom is -0.462 e. The molecule has 0 spiro atoms. The highest BCUT2D eigenvalue weighted by atomic mass is 32.2. The number of hydrazine groups is 1. The van der Waals surface area contributed by atoms with Crippen molar-refractivity contribution >= 4 is 35.2 Å². The lowest BCUT2D eigenvalue weighted by Gasteiger charge is -2.31. The molecular weight excluding hydrogens is 416 g/mol. The molecule has 0 aliphatic carbocycles. The van der Waals surface area contributed by atoms with Crippen LogP contribution in [0.3, 0.4) is 0 Å². The number of ether oxygens (including phenoxy) is 1. The average Bonchev–Trinajstić information content (AvgIpc) is 2.76. The van der Waals surface area contributed by atoms with E-state index in [4.69, 9.17) is 4.74 Å². The van der Waals surface area contributed by atoms with E-state index in [0.717, 1.165) is 5.56 Å². The van der Waals surface area contributed by atoms with Crippen molar-refractivity contribution in [2.75, 3.05) is 17.7 Å². The molecule has 2 aromatic rings. The SMILES string of the molecule is CCOC(=O)c1ccc(NC(=O)CSC2NNC(Cc3ccc(C)cc3)C(=O)N2)cc1. The van der Waals surface area contributed by atoms with Gasteiger partial charge in [0, 0.05) is 5.69 Å². The molecule has 0 aromatic heterocycles. The smallest absolute Gasteiger partial charge is 0.338 e. The summed E-state index contributed by atoms with van der Waals surface area (Å²) in [6.45, 7) is 4.07. The summed E-state index contributed by atoms with van der Waals surface area (Å²) in [5, 5.41) is 5.63. The molecule has 1 aliphatic rings. The normalized spacial score (nSPS) is 18.2. The molecule has 3 rings (SSSR count). The highest BCUT2D eigenvalue weighted by Crippen LogP contribution is 2.14. The number of amides is 2. The Morgan fingerprint density at radius 2 is 1.77 bits per heavy atom. The van der Waals surface area contributed by atoms with Gasteiger partial charge in [-0.15, -0.1) is 11.8 Å². The quantitative estimate of drug-likeness (QED) is 0.463. The lowest BCUT2D eigenvalue weighted by Crippen LogP contribution is -2.64. The Balaban J connectivity index is 1.41. The third-order valence-corrected chi connectivity index (χ3v) is 5.60. The lowest BCUT2D eigenvalue weighted by atomic mass is 10.0. The number of esters is 1. The predicted molar refractivity (Wildman–Crippen MR) is 120 cm³/mol. The van der Waals surface area contributed by atoms with Crippen molar-refractivity contribution in [3.05, 3.63) is 65.2 Å². The number of hydrogen-bond donors (Lipinski definition) is 4. The van der Waals surface area contributed by atoms with E-state index in [1.54, 1.807) is 31.2 Å². The van der Waals surface area contributed by atoms with Crippen LogP contribution in [0.15, 0.2) is 48.5 Å². The standard InChI is InChI=1S/C22H26N4O4S/c1-3-30-21(29)16-8-10-17(11-9-16)23-19(27)13-31-22-24-20(28)18(25-26-22)12-15-6-4-14(2)5-7-15/h4-11,18,22,25-26H,3,12-13H2,1-2H3,(H,23,27)(H,24,28). The Bertz CT molecular complexity index is 918. The van der Waals surface area contributed by atoms with E-state index in [9.17, 15) is 14.4 Å². The number of rotatable bonds is 8. The zero-order valence-corrected chi connectivity index (χ0v) is 18.3. The number of benzene rings is 2. The van der Waals surface area contributed by atoms with Crippen molar-refractivity contribution in [3.8, 4) is 0 Å². The first-order valence-electron chi connectivity index (χ1n) is 10.00. The first-order chi connectivity index (χ1) is 14.9. The maximum Gasteiger partial charge on any atom is 0.338 e. The summed E-state index contributed by atoms with van der Waals surface area (Å²) in [6, 6.07) is 14.2. The Labute approximate surface area is 185 Å². The molecule has 0 bridgehead atoms. The molecule has 8 nitrogen and oxygen atoms in total. The fourth-order valence-corrected chi connectivity index (χ4v) is 3.70. The van der Waals surface area contributed by atoms with Crippen LogP contribution in [0.25, 0.3) is 0 Å². The second-order valence-electron chi connectivity index (χ2n) is 7.08. The van der Waals surface area contributed by atoms with Crippen LogP contribution < -0.4 is 21.5 Å². The van der Waals surface area contributed by atoms with Crippen LogP contribution in [0.1, 0.15) is 28.4 Å². The first-order valence-corrected chi connectivity index (χ1v) is 11.0. The molecule has 9 heteroatoms. The summed E-state index contributed by atoms with van der Waals surface area (Å²) in [5.74, 6) is -0.594. The maximum atomic E-state index is 12.4. The van der Waals surface area contributed by atoms with E-state index >= 15 is 0 Å².